The average molecular weight is 473 g/mol. The van der Waals surface area contributed by atoms with E-state index in [0.717, 1.165) is 48.3 Å². The first-order valence-electron chi connectivity index (χ1n) is 14.9. The van der Waals surface area contributed by atoms with Crippen molar-refractivity contribution < 1.29 is 14.3 Å². The lowest BCUT2D eigenvalue weighted by atomic mass is 9.43. The second-order valence-electron chi connectivity index (χ2n) is 14.3. The molecule has 34 heavy (non-hydrogen) atoms. The van der Waals surface area contributed by atoms with Crippen LogP contribution in [0.15, 0.2) is 0 Å². The van der Waals surface area contributed by atoms with Crippen LogP contribution in [0.4, 0.5) is 0 Å². The van der Waals surface area contributed by atoms with Gasteiger partial charge in [-0.25, -0.2) is 0 Å². The summed E-state index contributed by atoms with van der Waals surface area (Å²) in [6.07, 6.45) is 14.5. The van der Waals surface area contributed by atoms with E-state index in [1.807, 2.05) is 0 Å². The Morgan fingerprint density at radius 3 is 2.26 bits per heavy atom. The summed E-state index contributed by atoms with van der Waals surface area (Å²) < 4.78 is 12.4. The summed E-state index contributed by atoms with van der Waals surface area (Å²) in [6, 6.07) is 0. The molecule has 1 heterocycles. The van der Waals surface area contributed by atoms with E-state index >= 15 is 0 Å². The van der Waals surface area contributed by atoms with Crippen LogP contribution in [0.1, 0.15) is 112 Å². The Bertz CT molecular complexity index is 754. The maximum Gasteiger partial charge on any atom is 0.178 e. The second-order valence-corrected chi connectivity index (χ2v) is 14.3. The summed E-state index contributed by atoms with van der Waals surface area (Å²) in [4.78, 5) is 12.9. The van der Waals surface area contributed by atoms with Gasteiger partial charge in [0.2, 0.25) is 0 Å². The third kappa shape index (κ3) is 3.94. The number of carbonyl (C=O) groups is 1. The summed E-state index contributed by atoms with van der Waals surface area (Å²) in [5.41, 5.74) is 0.803. The standard InChI is InChI=1S/C31H52O3/c1-20(2)8-7-9-21(3)25-12-13-26-24-11-10-23-18-31(33-16-17-34-31)28(22(4)32)19-30(23,6)27(24)14-15-29(25,26)5/h20-21,23-28H,7-19H2,1-6H3/t21-,23-,24-,25+,26-,27-,28+,29+,30-/m0/s1. The largest absolute Gasteiger partial charge is 0.347 e. The lowest BCUT2D eigenvalue weighted by molar-refractivity contribution is -0.255. The maximum atomic E-state index is 12.9. The minimum atomic E-state index is -0.615. The first-order chi connectivity index (χ1) is 16.1. The molecule has 0 radical (unpaired) electrons. The van der Waals surface area contributed by atoms with Crippen LogP contribution in [0.25, 0.3) is 0 Å². The van der Waals surface area contributed by atoms with E-state index in [4.69, 9.17) is 9.47 Å². The van der Waals surface area contributed by atoms with Gasteiger partial charge in [-0.15, -0.1) is 0 Å². The number of hydrogen-bond donors (Lipinski definition) is 0. The van der Waals surface area contributed by atoms with Crippen LogP contribution < -0.4 is 0 Å². The highest BCUT2D eigenvalue weighted by molar-refractivity contribution is 5.79. The van der Waals surface area contributed by atoms with Gasteiger partial charge in [0, 0.05) is 6.42 Å². The van der Waals surface area contributed by atoms with Gasteiger partial charge in [0.1, 0.15) is 5.78 Å². The van der Waals surface area contributed by atoms with Gasteiger partial charge in [0.25, 0.3) is 0 Å². The van der Waals surface area contributed by atoms with Crippen molar-refractivity contribution in [3.63, 3.8) is 0 Å². The molecule has 0 amide bonds. The summed E-state index contributed by atoms with van der Waals surface area (Å²) >= 11 is 0. The molecule has 0 unspecified atom stereocenters. The molecule has 1 saturated heterocycles. The monoisotopic (exact) mass is 472 g/mol. The van der Waals surface area contributed by atoms with Crippen LogP contribution in [0, 0.1) is 58.2 Å². The fourth-order valence-corrected chi connectivity index (χ4v) is 10.5. The molecule has 3 heteroatoms. The minimum Gasteiger partial charge on any atom is -0.347 e. The molecule has 0 N–H and O–H groups in total. The van der Waals surface area contributed by atoms with Crippen LogP contribution in [0.2, 0.25) is 0 Å². The minimum absolute atomic E-state index is 0.0828. The molecule has 4 aliphatic carbocycles. The molecule has 4 saturated carbocycles. The molecule has 1 spiro atoms. The zero-order valence-corrected chi connectivity index (χ0v) is 23.0. The second kappa shape index (κ2) is 9.16. The van der Waals surface area contributed by atoms with Crippen molar-refractivity contribution in [3.05, 3.63) is 0 Å². The summed E-state index contributed by atoms with van der Waals surface area (Å²) in [5, 5.41) is 0. The molecule has 5 rings (SSSR count). The molecule has 0 bridgehead atoms. The highest BCUT2D eigenvalue weighted by Crippen LogP contribution is 2.69. The molecule has 1 aliphatic heterocycles. The zero-order chi connectivity index (χ0) is 24.3. The molecule has 9 atom stereocenters. The fraction of sp³-hybridized carbons (Fsp3) is 0.968. The summed E-state index contributed by atoms with van der Waals surface area (Å²) in [7, 11) is 0. The Kier molecular flexibility index (Phi) is 6.80. The Balaban J connectivity index is 1.33. The van der Waals surface area contributed by atoms with Gasteiger partial charge in [-0.05, 0) is 104 Å². The summed E-state index contributed by atoms with van der Waals surface area (Å²) in [5.74, 6) is 5.36. The van der Waals surface area contributed by atoms with Gasteiger partial charge in [-0.2, -0.15) is 0 Å². The van der Waals surface area contributed by atoms with Crippen LogP contribution in [-0.2, 0) is 14.3 Å². The topological polar surface area (TPSA) is 35.5 Å². The molecular weight excluding hydrogens is 420 g/mol. The zero-order valence-electron chi connectivity index (χ0n) is 23.0. The molecule has 5 aliphatic rings. The van der Waals surface area contributed by atoms with E-state index in [1.54, 1.807) is 6.92 Å². The van der Waals surface area contributed by atoms with Crippen molar-refractivity contribution >= 4 is 5.78 Å². The van der Waals surface area contributed by atoms with Gasteiger partial charge >= 0.3 is 0 Å². The van der Waals surface area contributed by atoms with E-state index in [2.05, 4.69) is 34.6 Å². The highest BCUT2D eigenvalue weighted by Gasteiger charge is 2.65. The predicted molar refractivity (Wildman–Crippen MR) is 137 cm³/mol. The molecule has 0 aromatic carbocycles. The van der Waals surface area contributed by atoms with Crippen molar-refractivity contribution in [2.45, 2.75) is 118 Å². The molecule has 0 aromatic rings. The molecule has 194 valence electrons. The van der Waals surface area contributed by atoms with Gasteiger partial charge in [0.15, 0.2) is 5.79 Å². The van der Waals surface area contributed by atoms with Crippen LogP contribution in [-0.4, -0.2) is 24.8 Å². The lowest BCUT2D eigenvalue weighted by Gasteiger charge is -2.63. The first-order valence-corrected chi connectivity index (χ1v) is 14.9. The fourth-order valence-electron chi connectivity index (χ4n) is 10.5. The summed E-state index contributed by atoms with van der Waals surface area (Å²) in [6.45, 7) is 15.6. The van der Waals surface area contributed by atoms with E-state index in [0.29, 0.717) is 24.5 Å². The Hall–Kier alpha value is -0.410. The van der Waals surface area contributed by atoms with Crippen molar-refractivity contribution in [2.24, 2.45) is 58.2 Å². The van der Waals surface area contributed by atoms with Gasteiger partial charge in [-0.1, -0.05) is 53.9 Å². The van der Waals surface area contributed by atoms with E-state index in [-0.39, 0.29) is 17.1 Å². The number of carbonyl (C=O) groups excluding carboxylic acids is 1. The third-order valence-corrected chi connectivity index (χ3v) is 12.2. The number of ketones is 1. The smallest absolute Gasteiger partial charge is 0.178 e. The van der Waals surface area contributed by atoms with E-state index < -0.39 is 5.79 Å². The van der Waals surface area contributed by atoms with Crippen LogP contribution >= 0.6 is 0 Å². The number of Topliss-reactive ketones (excluding diaryl/α,β-unsaturated/α-hetero) is 1. The highest BCUT2D eigenvalue weighted by atomic mass is 16.7. The normalized spacial score (nSPS) is 46.2. The van der Waals surface area contributed by atoms with Crippen molar-refractivity contribution in [3.8, 4) is 0 Å². The molecular formula is C31H52O3. The molecule has 3 nitrogen and oxygen atoms in total. The van der Waals surface area contributed by atoms with E-state index in [1.165, 1.54) is 57.8 Å². The van der Waals surface area contributed by atoms with Gasteiger partial charge in [-0.3, -0.25) is 4.79 Å². The van der Waals surface area contributed by atoms with Crippen LogP contribution in [0.3, 0.4) is 0 Å². The SMILES string of the molecule is CC(=O)[C@H]1C[C@@]2(C)[C@@H](CC[C@@H]3[C@@H]2CC[C@]2(C)[C@@H]([C@@H](C)CCCC(C)C)CC[C@@H]32)CC12OCCO2. The van der Waals surface area contributed by atoms with Gasteiger partial charge < -0.3 is 9.47 Å². The third-order valence-electron chi connectivity index (χ3n) is 12.2. The number of rotatable bonds is 6. The van der Waals surface area contributed by atoms with E-state index in [9.17, 15) is 4.79 Å². The quantitative estimate of drug-likeness (QED) is 0.398. The van der Waals surface area contributed by atoms with Crippen molar-refractivity contribution in [1.82, 2.24) is 0 Å². The Morgan fingerprint density at radius 1 is 0.882 bits per heavy atom. The number of ether oxygens (including phenoxy) is 2. The van der Waals surface area contributed by atoms with Crippen LogP contribution in [0.5, 0.6) is 0 Å². The first kappa shape index (κ1) is 25.2. The molecule has 0 aromatic heterocycles. The Morgan fingerprint density at radius 2 is 1.59 bits per heavy atom. The number of hydrogen-bond acceptors (Lipinski definition) is 3. The molecule has 5 fully saturated rings. The Labute approximate surface area is 209 Å². The average Bonchev–Trinajstić information content (AvgIpc) is 3.38. The lowest BCUT2D eigenvalue weighted by Crippen LogP contribution is -2.60. The van der Waals surface area contributed by atoms with Gasteiger partial charge in [0.05, 0.1) is 19.1 Å². The number of fused-ring (bicyclic) bond motifs is 5. The predicted octanol–water partition coefficient (Wildman–Crippen LogP) is 7.67. The maximum absolute atomic E-state index is 12.9. The van der Waals surface area contributed by atoms with Crippen molar-refractivity contribution in [1.29, 1.82) is 0 Å². The van der Waals surface area contributed by atoms with Crippen molar-refractivity contribution in [2.75, 3.05) is 13.2 Å².